The van der Waals surface area contributed by atoms with Crippen LogP contribution in [0.1, 0.15) is 32.3 Å². The van der Waals surface area contributed by atoms with Crippen LogP contribution in [0.5, 0.6) is 0 Å². The highest BCUT2D eigenvalue weighted by atomic mass is 32.1. The third-order valence-corrected chi connectivity index (χ3v) is 6.39. The van der Waals surface area contributed by atoms with E-state index in [0.29, 0.717) is 22.1 Å². The van der Waals surface area contributed by atoms with Gasteiger partial charge in [0.1, 0.15) is 15.5 Å². The van der Waals surface area contributed by atoms with Crippen molar-refractivity contribution in [3.63, 3.8) is 0 Å². The van der Waals surface area contributed by atoms with Gasteiger partial charge in [-0.05, 0) is 24.1 Å². The summed E-state index contributed by atoms with van der Waals surface area (Å²) >= 11 is 1.31. The Morgan fingerprint density at radius 1 is 1.30 bits per heavy atom. The molecule has 0 saturated heterocycles. The highest BCUT2D eigenvalue weighted by molar-refractivity contribution is 7.21. The molecule has 1 aromatic carbocycles. The Balaban J connectivity index is 1.40. The quantitative estimate of drug-likeness (QED) is 0.519. The standard InChI is InChI=1S/C22H21N5O2S/c1-13-9-18(26-29-13)25-21(28)20-19(23)16-10-15-12-27(11-14-5-3-2-4-6-14)8-7-17(15)24-22(16)30-20/h2-6,9-10H,7-8,11-12,23H2,1H3,(H,25,26,28). The summed E-state index contributed by atoms with van der Waals surface area (Å²) in [7, 11) is 0. The lowest BCUT2D eigenvalue weighted by atomic mass is 10.0. The average molecular weight is 420 g/mol. The molecule has 5 rings (SSSR count). The molecule has 7 nitrogen and oxygen atoms in total. The lowest BCUT2D eigenvalue weighted by molar-refractivity contribution is 0.103. The highest BCUT2D eigenvalue weighted by Crippen LogP contribution is 2.35. The van der Waals surface area contributed by atoms with Gasteiger partial charge in [0.2, 0.25) is 0 Å². The fourth-order valence-corrected chi connectivity index (χ4v) is 4.79. The fourth-order valence-electron chi connectivity index (χ4n) is 3.80. The molecule has 152 valence electrons. The average Bonchev–Trinajstić information content (AvgIpc) is 3.30. The molecule has 30 heavy (non-hydrogen) atoms. The van der Waals surface area contributed by atoms with E-state index in [-0.39, 0.29) is 5.91 Å². The zero-order valence-corrected chi connectivity index (χ0v) is 17.3. The normalized spacial score (nSPS) is 14.0. The number of carbonyl (C=O) groups excluding carboxylic acids is 1. The highest BCUT2D eigenvalue weighted by Gasteiger charge is 2.23. The van der Waals surface area contributed by atoms with Crippen LogP contribution in [0.15, 0.2) is 47.0 Å². The Bertz CT molecular complexity index is 1230. The van der Waals surface area contributed by atoms with Crippen LogP contribution in [0.2, 0.25) is 0 Å². The number of nitrogen functional groups attached to an aromatic ring is 1. The number of pyridine rings is 1. The lowest BCUT2D eigenvalue weighted by Gasteiger charge is -2.28. The van der Waals surface area contributed by atoms with Crippen molar-refractivity contribution in [3.05, 3.63) is 69.9 Å². The van der Waals surface area contributed by atoms with Gasteiger partial charge in [-0.2, -0.15) is 0 Å². The number of nitrogens with one attached hydrogen (secondary N) is 1. The molecule has 4 aromatic rings. The SMILES string of the molecule is Cc1cc(NC(=O)c2sc3nc4c(cc3c2N)CN(Cc2ccccc2)CC4)no1. The minimum Gasteiger partial charge on any atom is -0.397 e. The number of hydrogen-bond acceptors (Lipinski definition) is 7. The van der Waals surface area contributed by atoms with Crippen molar-refractivity contribution in [2.45, 2.75) is 26.4 Å². The Morgan fingerprint density at radius 3 is 2.90 bits per heavy atom. The van der Waals surface area contributed by atoms with Crippen molar-refractivity contribution in [1.82, 2.24) is 15.0 Å². The summed E-state index contributed by atoms with van der Waals surface area (Å²) in [6.45, 7) is 4.45. The molecule has 0 saturated carbocycles. The predicted molar refractivity (Wildman–Crippen MR) is 117 cm³/mol. The van der Waals surface area contributed by atoms with E-state index in [1.165, 1.54) is 22.5 Å². The minimum absolute atomic E-state index is 0.299. The van der Waals surface area contributed by atoms with Crippen LogP contribution < -0.4 is 11.1 Å². The molecule has 0 radical (unpaired) electrons. The largest absolute Gasteiger partial charge is 0.397 e. The van der Waals surface area contributed by atoms with Gasteiger partial charge in [-0.15, -0.1) is 11.3 Å². The van der Waals surface area contributed by atoms with Gasteiger partial charge in [-0.25, -0.2) is 4.98 Å². The summed E-state index contributed by atoms with van der Waals surface area (Å²) in [5, 5.41) is 7.38. The van der Waals surface area contributed by atoms with Gasteiger partial charge in [0.15, 0.2) is 5.82 Å². The molecule has 1 amide bonds. The Hall–Kier alpha value is -3.23. The molecule has 0 unspecified atom stereocenters. The number of fused-ring (bicyclic) bond motifs is 2. The number of nitrogens with two attached hydrogens (primary N) is 1. The number of benzene rings is 1. The van der Waals surface area contributed by atoms with Crippen LogP contribution in [0.25, 0.3) is 10.2 Å². The fraction of sp³-hybridized carbons (Fsp3) is 0.227. The summed E-state index contributed by atoms with van der Waals surface area (Å²) < 4.78 is 5.00. The molecule has 0 fully saturated rings. The molecule has 1 aliphatic rings. The molecular formula is C22H21N5O2S. The first kappa shape index (κ1) is 18.8. The number of thiophene rings is 1. The maximum absolute atomic E-state index is 12.7. The number of aromatic nitrogens is 2. The number of anilines is 2. The van der Waals surface area contributed by atoms with E-state index in [2.05, 4.69) is 45.7 Å². The number of hydrogen-bond donors (Lipinski definition) is 2. The maximum Gasteiger partial charge on any atom is 0.269 e. The topological polar surface area (TPSA) is 97.3 Å². The van der Waals surface area contributed by atoms with Crippen molar-refractivity contribution in [1.29, 1.82) is 0 Å². The van der Waals surface area contributed by atoms with Crippen molar-refractivity contribution < 1.29 is 9.32 Å². The smallest absolute Gasteiger partial charge is 0.269 e. The van der Waals surface area contributed by atoms with E-state index in [1.807, 2.05) is 6.07 Å². The van der Waals surface area contributed by atoms with Gasteiger partial charge < -0.3 is 15.6 Å². The van der Waals surface area contributed by atoms with Crippen LogP contribution in [0.4, 0.5) is 11.5 Å². The van der Waals surface area contributed by atoms with E-state index in [9.17, 15) is 4.79 Å². The van der Waals surface area contributed by atoms with E-state index >= 15 is 0 Å². The molecular weight excluding hydrogens is 398 g/mol. The number of carbonyl (C=O) groups is 1. The molecule has 0 bridgehead atoms. The molecule has 3 aromatic heterocycles. The maximum atomic E-state index is 12.7. The Labute approximate surface area is 177 Å². The van der Waals surface area contributed by atoms with Gasteiger partial charge in [0.25, 0.3) is 5.91 Å². The van der Waals surface area contributed by atoms with Crippen LogP contribution >= 0.6 is 11.3 Å². The molecule has 8 heteroatoms. The monoisotopic (exact) mass is 419 g/mol. The van der Waals surface area contributed by atoms with Crippen molar-refractivity contribution in [3.8, 4) is 0 Å². The summed E-state index contributed by atoms with van der Waals surface area (Å²) in [6, 6.07) is 14.2. The zero-order valence-electron chi connectivity index (χ0n) is 16.5. The number of aryl methyl sites for hydroxylation is 1. The summed E-state index contributed by atoms with van der Waals surface area (Å²) in [6.07, 6.45) is 0.885. The zero-order chi connectivity index (χ0) is 20.7. The van der Waals surface area contributed by atoms with Gasteiger partial charge in [0, 0.05) is 43.2 Å². The van der Waals surface area contributed by atoms with Crippen molar-refractivity contribution >= 4 is 39.0 Å². The van der Waals surface area contributed by atoms with E-state index in [4.69, 9.17) is 15.2 Å². The predicted octanol–water partition coefficient (Wildman–Crippen LogP) is 3.99. The van der Waals surface area contributed by atoms with Crippen LogP contribution in [-0.2, 0) is 19.5 Å². The molecule has 4 heterocycles. The van der Waals surface area contributed by atoms with E-state index in [1.54, 1.807) is 13.0 Å². The van der Waals surface area contributed by atoms with Crippen LogP contribution in [0, 0.1) is 6.92 Å². The third kappa shape index (κ3) is 3.55. The van der Waals surface area contributed by atoms with E-state index < -0.39 is 0 Å². The van der Waals surface area contributed by atoms with Gasteiger partial charge in [-0.3, -0.25) is 9.69 Å². The first-order valence-corrected chi connectivity index (χ1v) is 10.6. The molecule has 0 atom stereocenters. The summed E-state index contributed by atoms with van der Waals surface area (Å²) in [5.74, 6) is 0.703. The molecule has 3 N–H and O–H groups in total. The van der Waals surface area contributed by atoms with Gasteiger partial charge in [0.05, 0.1) is 5.69 Å². The van der Waals surface area contributed by atoms with Gasteiger partial charge in [-0.1, -0.05) is 35.5 Å². The summed E-state index contributed by atoms with van der Waals surface area (Å²) in [4.78, 5) is 21.2. The minimum atomic E-state index is -0.299. The number of nitrogens with zero attached hydrogens (tertiary/aromatic N) is 3. The Morgan fingerprint density at radius 2 is 2.13 bits per heavy atom. The van der Waals surface area contributed by atoms with Crippen molar-refractivity contribution in [2.24, 2.45) is 0 Å². The van der Waals surface area contributed by atoms with Gasteiger partial charge >= 0.3 is 0 Å². The van der Waals surface area contributed by atoms with E-state index in [0.717, 1.165) is 42.0 Å². The van der Waals surface area contributed by atoms with Crippen molar-refractivity contribution in [2.75, 3.05) is 17.6 Å². The van der Waals surface area contributed by atoms with Crippen LogP contribution in [-0.4, -0.2) is 27.5 Å². The molecule has 0 aliphatic carbocycles. The second-order valence-electron chi connectivity index (χ2n) is 7.51. The second-order valence-corrected chi connectivity index (χ2v) is 8.51. The lowest BCUT2D eigenvalue weighted by Crippen LogP contribution is -2.30. The second kappa shape index (κ2) is 7.55. The number of rotatable bonds is 4. The number of amides is 1. The summed E-state index contributed by atoms with van der Waals surface area (Å²) in [5.41, 5.74) is 10.4. The molecule has 1 aliphatic heterocycles. The third-order valence-electron chi connectivity index (χ3n) is 5.27. The first-order chi connectivity index (χ1) is 14.6. The Kier molecular flexibility index (Phi) is 4.72. The van der Waals surface area contributed by atoms with Crippen LogP contribution in [0.3, 0.4) is 0 Å². The first-order valence-electron chi connectivity index (χ1n) is 9.78. The molecule has 0 spiro atoms.